The number of hydrogen-bond donors (Lipinski definition) is 1. The molecule has 1 saturated heterocycles. The predicted octanol–water partition coefficient (Wildman–Crippen LogP) is 2.59. The molecule has 1 heterocycles. The van der Waals surface area contributed by atoms with Gasteiger partial charge in [0.05, 0.1) is 0 Å². The van der Waals surface area contributed by atoms with Gasteiger partial charge in [0, 0.05) is 18.6 Å². The molecule has 1 rings (SSSR count). The first-order valence-electron chi connectivity index (χ1n) is 6.69. The lowest BCUT2D eigenvalue weighted by molar-refractivity contribution is 0.183. The average Bonchev–Trinajstić information content (AvgIpc) is 2.24. The van der Waals surface area contributed by atoms with Crippen LogP contribution in [0.3, 0.4) is 0 Å². The summed E-state index contributed by atoms with van der Waals surface area (Å²) in [6.45, 7) is 8.37. The molecule has 3 heteroatoms. The molecule has 96 valence electrons. The minimum atomic E-state index is 0.626. The zero-order valence-corrected chi connectivity index (χ0v) is 12.0. The summed E-state index contributed by atoms with van der Waals surface area (Å²) in [5.74, 6) is 1.32. The summed E-state index contributed by atoms with van der Waals surface area (Å²) in [5.41, 5.74) is 0. The topological polar surface area (TPSA) is 15.3 Å². The van der Waals surface area contributed by atoms with Crippen molar-refractivity contribution in [2.75, 3.05) is 31.6 Å². The number of nitrogens with one attached hydrogen (secondary N) is 1. The maximum atomic E-state index is 3.67. The summed E-state index contributed by atoms with van der Waals surface area (Å²) in [7, 11) is 0. The van der Waals surface area contributed by atoms with Gasteiger partial charge in [-0.05, 0) is 50.8 Å². The van der Waals surface area contributed by atoms with Crippen LogP contribution in [0.1, 0.15) is 39.5 Å². The highest BCUT2D eigenvalue weighted by Crippen LogP contribution is 2.12. The van der Waals surface area contributed by atoms with Crippen molar-refractivity contribution in [1.29, 1.82) is 0 Å². The van der Waals surface area contributed by atoms with Crippen LogP contribution in [-0.4, -0.2) is 48.6 Å². The zero-order chi connectivity index (χ0) is 11.8. The smallest absolute Gasteiger partial charge is 0.0197 e. The Morgan fingerprint density at radius 1 is 1.38 bits per heavy atom. The van der Waals surface area contributed by atoms with Crippen molar-refractivity contribution in [3.8, 4) is 0 Å². The zero-order valence-electron chi connectivity index (χ0n) is 11.2. The van der Waals surface area contributed by atoms with Gasteiger partial charge in [-0.25, -0.2) is 0 Å². The van der Waals surface area contributed by atoms with Crippen molar-refractivity contribution in [2.45, 2.75) is 51.6 Å². The third-order valence-corrected chi connectivity index (χ3v) is 3.84. The monoisotopic (exact) mass is 244 g/mol. The summed E-state index contributed by atoms with van der Waals surface area (Å²) in [6.07, 6.45) is 7.67. The normalized spacial score (nSPS) is 22.9. The molecular weight excluding hydrogens is 216 g/mol. The van der Waals surface area contributed by atoms with E-state index < -0.39 is 0 Å². The van der Waals surface area contributed by atoms with Gasteiger partial charge in [0.15, 0.2) is 0 Å². The molecule has 1 aliphatic rings. The van der Waals surface area contributed by atoms with E-state index in [9.17, 15) is 0 Å². The Balaban J connectivity index is 2.12. The molecule has 0 aromatic heterocycles. The van der Waals surface area contributed by atoms with E-state index in [0.717, 1.165) is 6.04 Å². The second kappa shape index (κ2) is 8.37. The van der Waals surface area contributed by atoms with Gasteiger partial charge in [0.2, 0.25) is 0 Å². The molecule has 1 aliphatic heterocycles. The van der Waals surface area contributed by atoms with Crippen LogP contribution in [-0.2, 0) is 0 Å². The Hall–Kier alpha value is 0.270. The fourth-order valence-corrected chi connectivity index (χ4v) is 2.94. The Morgan fingerprint density at radius 3 is 2.88 bits per heavy atom. The SMILES string of the molecule is CSCCCCN1CCCC(NC(C)C)C1. The van der Waals surface area contributed by atoms with Crippen LogP contribution in [0, 0.1) is 0 Å². The lowest BCUT2D eigenvalue weighted by Gasteiger charge is -2.34. The molecule has 0 aromatic carbocycles. The number of piperidine rings is 1. The van der Waals surface area contributed by atoms with Gasteiger partial charge in [-0.15, -0.1) is 0 Å². The fourth-order valence-electron chi connectivity index (χ4n) is 2.45. The largest absolute Gasteiger partial charge is 0.311 e. The molecule has 2 nitrogen and oxygen atoms in total. The Morgan fingerprint density at radius 2 is 2.19 bits per heavy atom. The van der Waals surface area contributed by atoms with Crippen molar-refractivity contribution in [3.63, 3.8) is 0 Å². The van der Waals surface area contributed by atoms with Crippen LogP contribution in [0.25, 0.3) is 0 Å². The van der Waals surface area contributed by atoms with E-state index in [1.807, 2.05) is 11.8 Å². The number of rotatable bonds is 7. The van der Waals surface area contributed by atoms with Crippen LogP contribution in [0.15, 0.2) is 0 Å². The van der Waals surface area contributed by atoms with E-state index in [4.69, 9.17) is 0 Å². The Kier molecular flexibility index (Phi) is 7.50. The number of likely N-dealkylation sites (tertiary alicyclic amines) is 1. The average molecular weight is 244 g/mol. The summed E-state index contributed by atoms with van der Waals surface area (Å²) >= 11 is 1.97. The van der Waals surface area contributed by atoms with Crippen LogP contribution < -0.4 is 5.32 Å². The van der Waals surface area contributed by atoms with E-state index in [2.05, 4.69) is 30.3 Å². The first-order valence-corrected chi connectivity index (χ1v) is 8.09. The summed E-state index contributed by atoms with van der Waals surface area (Å²) < 4.78 is 0. The molecule has 0 spiro atoms. The van der Waals surface area contributed by atoms with E-state index in [-0.39, 0.29) is 0 Å². The Bertz CT molecular complexity index is 173. The lowest BCUT2D eigenvalue weighted by Crippen LogP contribution is -2.47. The molecule has 0 amide bonds. The molecule has 16 heavy (non-hydrogen) atoms. The number of unbranched alkanes of at least 4 members (excludes halogenated alkanes) is 1. The van der Waals surface area contributed by atoms with Crippen molar-refractivity contribution in [1.82, 2.24) is 10.2 Å². The van der Waals surface area contributed by atoms with Crippen LogP contribution in [0.5, 0.6) is 0 Å². The number of hydrogen-bond acceptors (Lipinski definition) is 3. The van der Waals surface area contributed by atoms with Crippen LogP contribution >= 0.6 is 11.8 Å². The quantitative estimate of drug-likeness (QED) is 0.693. The predicted molar refractivity (Wildman–Crippen MR) is 75.3 cm³/mol. The molecule has 1 atom stereocenters. The first kappa shape index (κ1) is 14.3. The van der Waals surface area contributed by atoms with Gasteiger partial charge in [-0.2, -0.15) is 11.8 Å². The van der Waals surface area contributed by atoms with Crippen molar-refractivity contribution in [3.05, 3.63) is 0 Å². The highest BCUT2D eigenvalue weighted by atomic mass is 32.2. The molecule has 0 aromatic rings. The molecule has 0 bridgehead atoms. The highest BCUT2D eigenvalue weighted by molar-refractivity contribution is 7.98. The van der Waals surface area contributed by atoms with Crippen molar-refractivity contribution < 1.29 is 0 Å². The molecule has 0 radical (unpaired) electrons. The van der Waals surface area contributed by atoms with Gasteiger partial charge in [0.1, 0.15) is 0 Å². The first-order chi connectivity index (χ1) is 7.72. The van der Waals surface area contributed by atoms with Crippen LogP contribution in [0.4, 0.5) is 0 Å². The summed E-state index contributed by atoms with van der Waals surface area (Å²) in [5, 5.41) is 3.67. The van der Waals surface area contributed by atoms with Crippen molar-refractivity contribution in [2.24, 2.45) is 0 Å². The van der Waals surface area contributed by atoms with E-state index in [1.54, 1.807) is 0 Å². The maximum Gasteiger partial charge on any atom is 0.0197 e. The second-order valence-electron chi connectivity index (χ2n) is 5.16. The standard InChI is InChI=1S/C13H28N2S/c1-12(2)14-13-7-6-9-15(11-13)8-4-5-10-16-3/h12-14H,4-11H2,1-3H3. The van der Waals surface area contributed by atoms with E-state index in [0.29, 0.717) is 6.04 Å². The van der Waals surface area contributed by atoms with Gasteiger partial charge in [-0.3, -0.25) is 0 Å². The van der Waals surface area contributed by atoms with Gasteiger partial charge in [0.25, 0.3) is 0 Å². The van der Waals surface area contributed by atoms with Gasteiger partial charge >= 0.3 is 0 Å². The van der Waals surface area contributed by atoms with E-state index >= 15 is 0 Å². The summed E-state index contributed by atoms with van der Waals surface area (Å²) in [4.78, 5) is 2.64. The van der Waals surface area contributed by atoms with Gasteiger partial charge < -0.3 is 10.2 Å². The molecule has 0 saturated carbocycles. The summed E-state index contributed by atoms with van der Waals surface area (Å²) in [6, 6.07) is 1.36. The third-order valence-electron chi connectivity index (χ3n) is 3.15. The molecular formula is C13H28N2S. The maximum absolute atomic E-state index is 3.67. The molecule has 1 N–H and O–H groups in total. The number of nitrogens with zero attached hydrogens (tertiary/aromatic N) is 1. The van der Waals surface area contributed by atoms with Crippen LogP contribution in [0.2, 0.25) is 0 Å². The minimum absolute atomic E-state index is 0.626. The lowest BCUT2D eigenvalue weighted by atomic mass is 10.0. The highest BCUT2D eigenvalue weighted by Gasteiger charge is 2.19. The number of thioether (sulfide) groups is 1. The van der Waals surface area contributed by atoms with Gasteiger partial charge in [-0.1, -0.05) is 13.8 Å². The second-order valence-corrected chi connectivity index (χ2v) is 6.15. The third kappa shape index (κ3) is 6.12. The van der Waals surface area contributed by atoms with E-state index in [1.165, 1.54) is 51.1 Å². The van der Waals surface area contributed by atoms with Crippen molar-refractivity contribution >= 4 is 11.8 Å². The molecule has 0 aliphatic carbocycles. The molecule has 1 unspecified atom stereocenters. The molecule has 1 fully saturated rings. The minimum Gasteiger partial charge on any atom is -0.311 e. The fraction of sp³-hybridized carbons (Fsp3) is 1.00. The Labute approximate surface area is 106 Å².